The Labute approximate surface area is 107 Å². The van der Waals surface area contributed by atoms with Gasteiger partial charge in [0.05, 0.1) is 10.9 Å². The third-order valence-electron chi connectivity index (χ3n) is 2.63. The average Bonchev–Trinajstić information content (AvgIpc) is 2.25. The molecule has 1 unspecified atom stereocenters. The maximum absolute atomic E-state index is 12.9. The number of aliphatic carboxylic acids is 1. The van der Waals surface area contributed by atoms with Crippen LogP contribution in [-0.4, -0.2) is 26.1 Å². The molecule has 18 heavy (non-hydrogen) atoms. The van der Waals surface area contributed by atoms with Crippen molar-refractivity contribution in [2.24, 2.45) is 5.92 Å². The van der Waals surface area contributed by atoms with Crippen LogP contribution in [0.15, 0.2) is 17.0 Å². The summed E-state index contributed by atoms with van der Waals surface area (Å²) in [4.78, 5) is 10.1. The van der Waals surface area contributed by atoms with Gasteiger partial charge in [-0.25, -0.2) is 0 Å². The number of hydrogen-bond acceptors (Lipinski definition) is 4. The van der Waals surface area contributed by atoms with Crippen molar-refractivity contribution < 1.29 is 26.9 Å². The van der Waals surface area contributed by atoms with Gasteiger partial charge in [-0.05, 0) is 18.1 Å². The molecule has 0 radical (unpaired) electrons. The highest BCUT2D eigenvalue weighted by molar-refractivity contribution is 7.86. The van der Waals surface area contributed by atoms with Crippen molar-refractivity contribution in [2.45, 2.75) is 11.3 Å². The summed E-state index contributed by atoms with van der Waals surface area (Å²) in [6.45, 7) is -0.0274. The summed E-state index contributed by atoms with van der Waals surface area (Å²) in [6.07, 6.45) is 0.0738. The highest BCUT2D eigenvalue weighted by Crippen LogP contribution is 2.35. The molecular formula is C10H8ClFO5S. The molecule has 98 valence electrons. The van der Waals surface area contributed by atoms with Crippen LogP contribution in [0.1, 0.15) is 5.56 Å². The maximum atomic E-state index is 12.9. The Bertz CT molecular complexity index is 613. The van der Waals surface area contributed by atoms with Gasteiger partial charge in [0, 0.05) is 6.07 Å². The molecule has 5 nitrogen and oxygen atoms in total. The molecule has 1 aliphatic heterocycles. The van der Waals surface area contributed by atoms with E-state index in [-0.39, 0.29) is 23.8 Å². The third-order valence-corrected chi connectivity index (χ3v) is 3.92. The van der Waals surface area contributed by atoms with E-state index in [0.29, 0.717) is 5.56 Å². The lowest BCUT2D eigenvalue weighted by Crippen LogP contribution is -2.28. The molecule has 1 aliphatic rings. The van der Waals surface area contributed by atoms with E-state index in [1.165, 1.54) is 6.07 Å². The SMILES string of the molecule is O=C(O)C1COc2cc(Cl)c(S(=O)(=O)F)cc2C1. The topological polar surface area (TPSA) is 80.7 Å². The van der Waals surface area contributed by atoms with Crippen LogP contribution in [0.25, 0.3) is 0 Å². The van der Waals surface area contributed by atoms with Gasteiger partial charge >= 0.3 is 16.2 Å². The summed E-state index contributed by atoms with van der Waals surface area (Å²) in [5.74, 6) is -1.56. The molecule has 0 saturated heterocycles. The molecule has 0 spiro atoms. The molecule has 1 N–H and O–H groups in total. The Morgan fingerprint density at radius 1 is 1.50 bits per heavy atom. The lowest BCUT2D eigenvalue weighted by atomic mass is 9.97. The number of carboxylic acids is 1. The Morgan fingerprint density at radius 2 is 2.17 bits per heavy atom. The van der Waals surface area contributed by atoms with Gasteiger partial charge in [-0.2, -0.15) is 8.42 Å². The molecule has 1 atom stereocenters. The maximum Gasteiger partial charge on any atom is 0.333 e. The van der Waals surface area contributed by atoms with Gasteiger partial charge in [0.1, 0.15) is 17.3 Å². The number of benzene rings is 1. The van der Waals surface area contributed by atoms with Crippen molar-refractivity contribution in [2.75, 3.05) is 6.61 Å². The number of ether oxygens (including phenoxy) is 1. The normalized spacial score (nSPS) is 18.9. The molecule has 2 rings (SSSR count). The first-order chi connectivity index (χ1) is 8.29. The zero-order valence-electron chi connectivity index (χ0n) is 8.89. The Morgan fingerprint density at radius 3 is 2.72 bits per heavy atom. The average molecular weight is 295 g/mol. The largest absolute Gasteiger partial charge is 0.492 e. The van der Waals surface area contributed by atoms with Gasteiger partial charge < -0.3 is 9.84 Å². The number of hydrogen-bond donors (Lipinski definition) is 1. The number of fused-ring (bicyclic) bond motifs is 1. The monoisotopic (exact) mass is 294 g/mol. The fourth-order valence-electron chi connectivity index (χ4n) is 1.73. The molecule has 0 amide bonds. The Kier molecular flexibility index (Phi) is 3.20. The van der Waals surface area contributed by atoms with E-state index in [1.807, 2.05) is 0 Å². The third kappa shape index (κ3) is 2.41. The smallest absolute Gasteiger partial charge is 0.333 e. The van der Waals surface area contributed by atoms with Crippen LogP contribution in [0, 0.1) is 5.92 Å². The van der Waals surface area contributed by atoms with Crippen molar-refractivity contribution in [3.8, 4) is 5.75 Å². The zero-order valence-corrected chi connectivity index (χ0v) is 10.5. The first-order valence-corrected chi connectivity index (χ1v) is 6.68. The number of carboxylic acid groups (broad SMARTS) is 1. The van der Waals surface area contributed by atoms with E-state index >= 15 is 0 Å². The minimum absolute atomic E-state index is 0.0274. The van der Waals surface area contributed by atoms with Gasteiger partial charge in [0.25, 0.3) is 0 Å². The Balaban J connectivity index is 2.48. The van der Waals surface area contributed by atoms with E-state index < -0.39 is 27.0 Å². The highest BCUT2D eigenvalue weighted by Gasteiger charge is 2.28. The quantitative estimate of drug-likeness (QED) is 0.839. The predicted molar refractivity (Wildman–Crippen MR) is 60.1 cm³/mol. The lowest BCUT2D eigenvalue weighted by molar-refractivity contribution is -0.143. The fraction of sp³-hybridized carbons (Fsp3) is 0.300. The highest BCUT2D eigenvalue weighted by atomic mass is 35.5. The van der Waals surface area contributed by atoms with Crippen molar-refractivity contribution >= 4 is 27.8 Å². The van der Waals surface area contributed by atoms with E-state index in [1.54, 1.807) is 0 Å². The summed E-state index contributed by atoms with van der Waals surface area (Å²) in [6, 6.07) is 2.20. The number of carbonyl (C=O) groups is 1. The molecular weight excluding hydrogens is 287 g/mol. The molecule has 0 saturated carbocycles. The van der Waals surface area contributed by atoms with Crippen molar-refractivity contribution in [1.82, 2.24) is 0 Å². The first-order valence-electron chi connectivity index (χ1n) is 4.91. The summed E-state index contributed by atoms with van der Waals surface area (Å²) in [5.41, 5.74) is 0.314. The number of halogens is 2. The minimum atomic E-state index is -4.94. The van der Waals surface area contributed by atoms with Crippen molar-refractivity contribution in [1.29, 1.82) is 0 Å². The van der Waals surface area contributed by atoms with E-state index in [2.05, 4.69) is 0 Å². The van der Waals surface area contributed by atoms with Crippen LogP contribution < -0.4 is 4.74 Å². The molecule has 0 bridgehead atoms. The second kappa shape index (κ2) is 4.40. The summed E-state index contributed by atoms with van der Waals surface area (Å²) >= 11 is 5.63. The summed E-state index contributed by atoms with van der Waals surface area (Å²) < 4.78 is 39.8. The van der Waals surface area contributed by atoms with Crippen molar-refractivity contribution in [3.05, 3.63) is 22.7 Å². The van der Waals surface area contributed by atoms with Crippen LogP contribution in [0.4, 0.5) is 3.89 Å². The van der Waals surface area contributed by atoms with Crippen LogP contribution in [0.5, 0.6) is 5.75 Å². The second-order valence-corrected chi connectivity index (χ2v) is 5.60. The lowest BCUT2D eigenvalue weighted by Gasteiger charge is -2.23. The standard InChI is InChI=1S/C10H8ClFO5S/c11-7-3-8-5(2-9(7)18(12,15)16)1-6(4-17-8)10(13)14/h2-3,6H,1,4H2,(H,13,14). The van der Waals surface area contributed by atoms with Crippen LogP contribution in [0.2, 0.25) is 5.02 Å². The van der Waals surface area contributed by atoms with Gasteiger partial charge in [-0.3, -0.25) is 4.79 Å². The van der Waals surface area contributed by atoms with Crippen LogP contribution in [0.3, 0.4) is 0 Å². The van der Waals surface area contributed by atoms with E-state index in [0.717, 1.165) is 6.07 Å². The molecule has 1 aromatic carbocycles. The number of rotatable bonds is 2. The first kappa shape index (κ1) is 13.1. The Hall–Kier alpha value is -1.34. The molecule has 0 fully saturated rings. The predicted octanol–water partition coefficient (Wildman–Crippen LogP) is 1.63. The van der Waals surface area contributed by atoms with Gasteiger partial charge in [0.2, 0.25) is 0 Å². The summed E-state index contributed by atoms with van der Waals surface area (Å²) in [5, 5.41) is 8.56. The molecule has 1 heterocycles. The van der Waals surface area contributed by atoms with Gasteiger partial charge in [-0.15, -0.1) is 3.89 Å². The minimum Gasteiger partial charge on any atom is -0.492 e. The molecule has 1 aromatic rings. The second-order valence-electron chi connectivity index (χ2n) is 3.88. The summed E-state index contributed by atoms with van der Waals surface area (Å²) in [7, 11) is -4.94. The van der Waals surface area contributed by atoms with Crippen LogP contribution >= 0.6 is 11.6 Å². The zero-order chi connectivity index (χ0) is 13.5. The molecule has 0 aliphatic carbocycles. The fourth-order valence-corrected chi connectivity index (χ4v) is 2.74. The van der Waals surface area contributed by atoms with E-state index in [4.69, 9.17) is 21.4 Å². The van der Waals surface area contributed by atoms with Crippen LogP contribution in [-0.2, 0) is 21.4 Å². The van der Waals surface area contributed by atoms with Gasteiger partial charge in [-0.1, -0.05) is 11.6 Å². The van der Waals surface area contributed by atoms with Crippen molar-refractivity contribution in [3.63, 3.8) is 0 Å². The molecule has 8 heteroatoms. The van der Waals surface area contributed by atoms with Gasteiger partial charge in [0.15, 0.2) is 0 Å². The molecule has 0 aromatic heterocycles. The van der Waals surface area contributed by atoms with E-state index in [9.17, 15) is 17.1 Å².